The number of nitrogens with zero attached hydrogens (tertiary/aromatic N) is 1. The minimum atomic E-state index is 0.500. The lowest BCUT2D eigenvalue weighted by atomic mass is 10.0. The van der Waals surface area contributed by atoms with Crippen LogP contribution in [0.3, 0.4) is 0 Å². The molecule has 0 bridgehead atoms. The van der Waals surface area contributed by atoms with Crippen molar-refractivity contribution in [2.75, 3.05) is 5.73 Å². The van der Waals surface area contributed by atoms with Crippen LogP contribution in [0.1, 0.15) is 12.6 Å². The zero-order valence-electron chi connectivity index (χ0n) is 8.42. The number of nitrogens with one attached hydrogen (secondary N) is 1. The van der Waals surface area contributed by atoms with Crippen LogP contribution in [-0.4, -0.2) is 10.2 Å². The van der Waals surface area contributed by atoms with E-state index < -0.39 is 0 Å². The molecular weight excluding hydrogens is 210 g/mol. The Morgan fingerprint density at radius 2 is 2.13 bits per heavy atom. The summed E-state index contributed by atoms with van der Waals surface area (Å²) in [4.78, 5) is 0. The van der Waals surface area contributed by atoms with Crippen LogP contribution in [0.2, 0.25) is 5.02 Å². The van der Waals surface area contributed by atoms with Crippen LogP contribution < -0.4 is 5.73 Å². The van der Waals surface area contributed by atoms with Crippen LogP contribution in [0.15, 0.2) is 24.3 Å². The number of aromatic nitrogens is 2. The smallest absolute Gasteiger partial charge is 0.153 e. The Balaban J connectivity index is 2.63. The number of H-pyrrole nitrogens is 1. The quantitative estimate of drug-likeness (QED) is 0.820. The minimum absolute atomic E-state index is 0.500. The van der Waals surface area contributed by atoms with E-state index in [0.29, 0.717) is 10.8 Å². The highest BCUT2D eigenvalue weighted by molar-refractivity contribution is 6.33. The Bertz CT molecular complexity index is 476. The van der Waals surface area contributed by atoms with E-state index >= 15 is 0 Å². The largest absolute Gasteiger partial charge is 0.382 e. The summed E-state index contributed by atoms with van der Waals surface area (Å²) in [6.07, 6.45) is 0.852. The van der Waals surface area contributed by atoms with Gasteiger partial charge in [-0.3, -0.25) is 5.10 Å². The molecule has 2 aromatic rings. The molecule has 2 rings (SSSR count). The number of rotatable bonds is 2. The van der Waals surface area contributed by atoms with Gasteiger partial charge in [0.2, 0.25) is 0 Å². The molecule has 0 amide bonds. The molecule has 1 aromatic heterocycles. The number of aryl methyl sites for hydroxylation is 1. The molecule has 0 aliphatic heterocycles. The van der Waals surface area contributed by atoms with E-state index in [1.807, 2.05) is 31.2 Å². The van der Waals surface area contributed by atoms with Crippen LogP contribution in [0.5, 0.6) is 0 Å². The van der Waals surface area contributed by atoms with Crippen LogP contribution in [0.4, 0.5) is 5.82 Å². The fraction of sp³-hybridized carbons (Fsp3) is 0.182. The average Bonchev–Trinajstić information content (AvgIpc) is 2.60. The molecule has 0 aliphatic rings. The third-order valence-electron chi connectivity index (χ3n) is 2.37. The van der Waals surface area contributed by atoms with Gasteiger partial charge in [0.25, 0.3) is 0 Å². The van der Waals surface area contributed by atoms with Gasteiger partial charge in [0, 0.05) is 21.8 Å². The highest BCUT2D eigenvalue weighted by Crippen LogP contribution is 2.33. The van der Waals surface area contributed by atoms with E-state index in [1.54, 1.807) is 0 Å². The number of hydrogen-bond donors (Lipinski definition) is 2. The van der Waals surface area contributed by atoms with Gasteiger partial charge in [0.05, 0.1) is 0 Å². The lowest BCUT2D eigenvalue weighted by Crippen LogP contribution is -1.90. The summed E-state index contributed by atoms with van der Waals surface area (Å²) in [5, 5.41) is 7.61. The van der Waals surface area contributed by atoms with Gasteiger partial charge in [-0.25, -0.2) is 0 Å². The highest BCUT2D eigenvalue weighted by Gasteiger charge is 2.13. The van der Waals surface area contributed by atoms with Gasteiger partial charge in [0.1, 0.15) is 0 Å². The molecule has 0 atom stereocenters. The van der Waals surface area contributed by atoms with Crippen LogP contribution in [-0.2, 0) is 6.42 Å². The molecule has 1 heterocycles. The second kappa shape index (κ2) is 3.95. The maximum absolute atomic E-state index is 6.12. The average molecular weight is 222 g/mol. The fourth-order valence-electron chi connectivity index (χ4n) is 1.61. The standard InChI is InChI=1S/C11H12ClN3/c1-2-9-10(11(13)15-14-9)7-5-3-4-6-8(7)12/h3-6H,2H2,1H3,(H3,13,14,15). The summed E-state index contributed by atoms with van der Waals surface area (Å²) in [6, 6.07) is 7.63. The summed E-state index contributed by atoms with van der Waals surface area (Å²) in [5.41, 5.74) is 8.68. The third-order valence-corrected chi connectivity index (χ3v) is 2.70. The topological polar surface area (TPSA) is 54.7 Å². The second-order valence-corrected chi connectivity index (χ2v) is 3.70. The van der Waals surface area contributed by atoms with Gasteiger partial charge in [-0.05, 0) is 12.5 Å². The number of benzene rings is 1. The van der Waals surface area contributed by atoms with Crippen molar-refractivity contribution < 1.29 is 0 Å². The first-order chi connectivity index (χ1) is 7.24. The fourth-order valence-corrected chi connectivity index (χ4v) is 1.84. The third kappa shape index (κ3) is 1.70. The molecule has 4 heteroatoms. The maximum Gasteiger partial charge on any atom is 0.153 e. The molecule has 0 fully saturated rings. The minimum Gasteiger partial charge on any atom is -0.382 e. The Hall–Kier alpha value is -1.48. The number of anilines is 1. The molecule has 3 N–H and O–H groups in total. The molecule has 0 radical (unpaired) electrons. The van der Waals surface area contributed by atoms with E-state index in [-0.39, 0.29) is 0 Å². The monoisotopic (exact) mass is 221 g/mol. The van der Waals surface area contributed by atoms with Crippen LogP contribution in [0, 0.1) is 0 Å². The van der Waals surface area contributed by atoms with E-state index in [2.05, 4.69) is 10.2 Å². The number of aromatic amines is 1. The molecule has 0 aliphatic carbocycles. The van der Waals surface area contributed by atoms with E-state index in [4.69, 9.17) is 17.3 Å². The van der Waals surface area contributed by atoms with Crippen molar-refractivity contribution in [3.05, 3.63) is 35.0 Å². The van der Waals surface area contributed by atoms with Gasteiger partial charge in [-0.15, -0.1) is 0 Å². The molecule has 0 unspecified atom stereocenters. The predicted octanol–water partition coefficient (Wildman–Crippen LogP) is 2.87. The molecule has 78 valence electrons. The van der Waals surface area contributed by atoms with Crippen molar-refractivity contribution in [3.63, 3.8) is 0 Å². The zero-order valence-corrected chi connectivity index (χ0v) is 9.17. The number of nitrogen functional groups attached to an aromatic ring is 1. The van der Waals surface area contributed by atoms with Crippen LogP contribution in [0.25, 0.3) is 11.1 Å². The molecule has 0 spiro atoms. The molecule has 0 saturated heterocycles. The summed E-state index contributed by atoms with van der Waals surface area (Å²) >= 11 is 6.12. The molecule has 0 saturated carbocycles. The normalized spacial score (nSPS) is 10.5. The molecule has 15 heavy (non-hydrogen) atoms. The Kier molecular flexibility index (Phi) is 2.64. The highest BCUT2D eigenvalue weighted by atomic mass is 35.5. The number of halogens is 1. The Morgan fingerprint density at radius 3 is 2.80 bits per heavy atom. The number of hydrogen-bond acceptors (Lipinski definition) is 2. The SMILES string of the molecule is CCc1[nH]nc(N)c1-c1ccccc1Cl. The van der Waals surface area contributed by atoms with E-state index in [0.717, 1.165) is 23.2 Å². The van der Waals surface area contributed by atoms with Crippen molar-refractivity contribution >= 4 is 17.4 Å². The lowest BCUT2D eigenvalue weighted by molar-refractivity contribution is 0.978. The van der Waals surface area contributed by atoms with Gasteiger partial charge in [0.15, 0.2) is 5.82 Å². The molecule has 1 aromatic carbocycles. The first-order valence-electron chi connectivity index (χ1n) is 4.81. The van der Waals surface area contributed by atoms with Gasteiger partial charge in [-0.2, -0.15) is 5.10 Å². The second-order valence-electron chi connectivity index (χ2n) is 3.30. The Labute approximate surface area is 93.3 Å². The first-order valence-corrected chi connectivity index (χ1v) is 5.19. The lowest BCUT2D eigenvalue weighted by Gasteiger charge is -2.04. The van der Waals surface area contributed by atoms with Gasteiger partial charge >= 0.3 is 0 Å². The summed E-state index contributed by atoms with van der Waals surface area (Å²) in [5.74, 6) is 0.500. The molecule has 3 nitrogen and oxygen atoms in total. The van der Waals surface area contributed by atoms with Gasteiger partial charge in [-0.1, -0.05) is 36.7 Å². The van der Waals surface area contributed by atoms with Crippen LogP contribution >= 0.6 is 11.6 Å². The summed E-state index contributed by atoms with van der Waals surface area (Å²) < 4.78 is 0. The van der Waals surface area contributed by atoms with Crippen molar-refractivity contribution in [2.45, 2.75) is 13.3 Å². The van der Waals surface area contributed by atoms with Crippen molar-refractivity contribution in [2.24, 2.45) is 0 Å². The summed E-state index contributed by atoms with van der Waals surface area (Å²) in [7, 11) is 0. The number of nitrogens with two attached hydrogens (primary N) is 1. The predicted molar refractivity (Wildman–Crippen MR) is 62.8 cm³/mol. The maximum atomic E-state index is 6.12. The zero-order chi connectivity index (χ0) is 10.8. The molecular formula is C11H12ClN3. The summed E-state index contributed by atoms with van der Waals surface area (Å²) in [6.45, 7) is 2.05. The van der Waals surface area contributed by atoms with E-state index in [1.165, 1.54) is 0 Å². The van der Waals surface area contributed by atoms with E-state index in [9.17, 15) is 0 Å². The Morgan fingerprint density at radius 1 is 1.40 bits per heavy atom. The van der Waals surface area contributed by atoms with Crippen molar-refractivity contribution in [1.82, 2.24) is 10.2 Å². The first kappa shape index (κ1) is 10.1. The van der Waals surface area contributed by atoms with Crippen molar-refractivity contribution in [3.8, 4) is 11.1 Å². The van der Waals surface area contributed by atoms with Gasteiger partial charge < -0.3 is 5.73 Å². The van der Waals surface area contributed by atoms with Crippen molar-refractivity contribution in [1.29, 1.82) is 0 Å².